The number of rotatable bonds is 9. The number of piperidine rings is 1. The highest BCUT2D eigenvalue weighted by atomic mass is 35.7. The van der Waals surface area contributed by atoms with Gasteiger partial charge in [0, 0.05) is 37.8 Å². The van der Waals surface area contributed by atoms with Gasteiger partial charge in [-0.3, -0.25) is 24.4 Å². The van der Waals surface area contributed by atoms with Crippen LogP contribution in [0.15, 0.2) is 103 Å². The van der Waals surface area contributed by atoms with Crippen molar-refractivity contribution in [3.05, 3.63) is 119 Å². The number of nitrogens with zero attached hydrogens (tertiary/aromatic N) is 2. The number of morpholine rings is 1. The standard InChI is InChI=1S/C35H40ClN4O5P/c1-25-21-31(34(42)38-33(25)41)32-23-39(22-30(45-32)24-44-46(36,43)40-19-17-29(37)18-20-40)35(26-11-5-2-6-12-26,27-13-7-3-8-14-27)28-15-9-4-10-16-28/h2-16,21,29-32H,17-20,22-24,37H2,1H3,(H,38,41,42)/t30-,31?,32+,46?/m0/s1. The summed E-state index contributed by atoms with van der Waals surface area (Å²) in [4.78, 5) is 27.9. The number of nitrogens with two attached hydrogens (primary N) is 1. The van der Waals surface area contributed by atoms with Crippen molar-refractivity contribution in [2.24, 2.45) is 11.7 Å². The van der Waals surface area contributed by atoms with E-state index in [1.807, 2.05) is 54.6 Å². The molecular formula is C35H40ClN4O5P. The maximum absolute atomic E-state index is 13.6. The molecule has 4 atom stereocenters. The van der Waals surface area contributed by atoms with Crippen LogP contribution in [0, 0.1) is 5.92 Å². The van der Waals surface area contributed by atoms with Crippen LogP contribution >= 0.6 is 18.1 Å². The minimum Gasteiger partial charge on any atom is -0.369 e. The Labute approximate surface area is 275 Å². The van der Waals surface area contributed by atoms with Crippen LogP contribution in [0.25, 0.3) is 0 Å². The van der Waals surface area contributed by atoms with E-state index >= 15 is 0 Å². The highest BCUT2D eigenvalue weighted by molar-refractivity contribution is 7.83. The zero-order valence-corrected chi connectivity index (χ0v) is 27.5. The molecule has 3 aliphatic heterocycles. The molecule has 3 aromatic rings. The first-order chi connectivity index (χ1) is 22.2. The first-order valence-corrected chi connectivity index (χ1v) is 18.2. The van der Waals surface area contributed by atoms with Gasteiger partial charge in [-0.2, -0.15) is 0 Å². The molecule has 9 nitrogen and oxygen atoms in total. The molecule has 0 saturated carbocycles. The van der Waals surface area contributed by atoms with Crippen LogP contribution in [0.4, 0.5) is 0 Å². The number of hydrogen-bond donors (Lipinski definition) is 2. The number of ether oxygens (including phenoxy) is 1. The Morgan fingerprint density at radius 2 is 1.43 bits per heavy atom. The molecule has 11 heteroatoms. The van der Waals surface area contributed by atoms with Gasteiger partial charge >= 0.3 is 6.87 Å². The van der Waals surface area contributed by atoms with Gasteiger partial charge in [-0.15, -0.1) is 0 Å². The van der Waals surface area contributed by atoms with Gasteiger partial charge in [0.15, 0.2) is 0 Å². The SMILES string of the molecule is CC1=CC([C@H]2CN(C(c3ccccc3)(c3ccccc3)c3ccccc3)C[C@@H](COP(=O)(Cl)N3CCC(N)CC3)O2)C(=O)NC1=O. The van der Waals surface area contributed by atoms with Crippen LogP contribution in [-0.2, 0) is 29.0 Å². The Kier molecular flexibility index (Phi) is 9.92. The number of imide groups is 1. The quantitative estimate of drug-likeness (QED) is 0.186. The van der Waals surface area contributed by atoms with E-state index in [0.29, 0.717) is 44.6 Å². The Morgan fingerprint density at radius 1 is 0.913 bits per heavy atom. The molecule has 46 heavy (non-hydrogen) atoms. The molecule has 242 valence electrons. The summed E-state index contributed by atoms with van der Waals surface area (Å²) in [5, 5.41) is 2.48. The third-order valence-electron chi connectivity index (χ3n) is 9.24. The summed E-state index contributed by atoms with van der Waals surface area (Å²) in [6.45, 7) is -0.318. The molecule has 2 fully saturated rings. The molecule has 2 amide bonds. The van der Waals surface area contributed by atoms with Gasteiger partial charge in [-0.25, -0.2) is 4.67 Å². The minimum atomic E-state index is -3.66. The van der Waals surface area contributed by atoms with Crippen LogP contribution in [0.5, 0.6) is 0 Å². The molecule has 0 radical (unpaired) electrons. The first kappa shape index (κ1) is 32.8. The number of benzene rings is 3. The normalized spacial score (nSPS) is 25.0. The highest BCUT2D eigenvalue weighted by Crippen LogP contribution is 2.57. The molecule has 2 unspecified atom stereocenters. The van der Waals surface area contributed by atoms with Gasteiger partial charge < -0.3 is 15.0 Å². The number of halogens is 1. The summed E-state index contributed by atoms with van der Waals surface area (Å²) in [7, 11) is 0. The zero-order valence-electron chi connectivity index (χ0n) is 25.8. The summed E-state index contributed by atoms with van der Waals surface area (Å²) in [5.74, 6) is -1.56. The van der Waals surface area contributed by atoms with Crippen molar-refractivity contribution in [3.63, 3.8) is 0 Å². The second kappa shape index (κ2) is 13.9. The Bertz CT molecular complexity index is 1500. The minimum absolute atomic E-state index is 0.0519. The van der Waals surface area contributed by atoms with E-state index in [1.165, 1.54) is 0 Å². The molecule has 3 heterocycles. The number of carbonyl (C=O) groups is 2. The van der Waals surface area contributed by atoms with Crippen molar-refractivity contribution in [2.75, 3.05) is 32.8 Å². The largest absolute Gasteiger partial charge is 0.369 e. The Morgan fingerprint density at radius 3 is 1.96 bits per heavy atom. The van der Waals surface area contributed by atoms with Crippen molar-refractivity contribution < 1.29 is 23.4 Å². The van der Waals surface area contributed by atoms with Gasteiger partial charge in [-0.05, 0) is 47.7 Å². The molecule has 3 N–H and O–H groups in total. The first-order valence-electron chi connectivity index (χ1n) is 15.7. The van der Waals surface area contributed by atoms with E-state index in [0.717, 1.165) is 16.7 Å². The molecule has 0 bridgehead atoms. The van der Waals surface area contributed by atoms with Crippen LogP contribution in [0.1, 0.15) is 36.5 Å². The lowest BCUT2D eigenvalue weighted by molar-refractivity contribution is -0.150. The lowest BCUT2D eigenvalue weighted by Crippen LogP contribution is -2.61. The smallest absolute Gasteiger partial charge is 0.363 e. The van der Waals surface area contributed by atoms with Gasteiger partial charge in [0.05, 0.1) is 30.3 Å². The van der Waals surface area contributed by atoms with Gasteiger partial charge in [0.1, 0.15) is 0 Å². The van der Waals surface area contributed by atoms with E-state index in [1.54, 1.807) is 17.7 Å². The Balaban J connectivity index is 1.43. The van der Waals surface area contributed by atoms with E-state index in [4.69, 9.17) is 26.2 Å². The second-order valence-corrected chi connectivity index (χ2v) is 15.3. The summed E-state index contributed by atoms with van der Waals surface area (Å²) >= 11 is 6.58. The zero-order chi connectivity index (χ0) is 32.3. The molecule has 0 spiro atoms. The van der Waals surface area contributed by atoms with Crippen LogP contribution in [0.3, 0.4) is 0 Å². The predicted octanol–water partition coefficient (Wildman–Crippen LogP) is 5.05. The van der Waals surface area contributed by atoms with Crippen molar-refractivity contribution in [3.8, 4) is 0 Å². The molecule has 0 aromatic heterocycles. The second-order valence-electron chi connectivity index (χ2n) is 12.2. The van der Waals surface area contributed by atoms with Crippen molar-refractivity contribution >= 4 is 29.9 Å². The third-order valence-corrected chi connectivity index (χ3v) is 11.7. The lowest BCUT2D eigenvalue weighted by Gasteiger charge is -2.51. The molecule has 2 saturated heterocycles. The van der Waals surface area contributed by atoms with Crippen molar-refractivity contribution in [2.45, 2.75) is 43.6 Å². The van der Waals surface area contributed by atoms with E-state index in [-0.39, 0.29) is 12.6 Å². The predicted molar refractivity (Wildman–Crippen MR) is 178 cm³/mol. The summed E-state index contributed by atoms with van der Waals surface area (Å²) in [6.07, 6.45) is 1.80. The van der Waals surface area contributed by atoms with E-state index < -0.39 is 42.4 Å². The van der Waals surface area contributed by atoms with Crippen molar-refractivity contribution in [1.29, 1.82) is 0 Å². The summed E-state index contributed by atoms with van der Waals surface area (Å²) in [6, 6.07) is 30.8. The van der Waals surface area contributed by atoms with Gasteiger partial charge in [0.25, 0.3) is 5.91 Å². The maximum Gasteiger partial charge on any atom is 0.363 e. The number of hydrogen-bond acceptors (Lipinski definition) is 7. The fourth-order valence-corrected chi connectivity index (χ4v) is 8.74. The average Bonchev–Trinajstić information content (AvgIpc) is 3.07. The van der Waals surface area contributed by atoms with E-state index in [9.17, 15) is 14.2 Å². The molecule has 3 aliphatic rings. The summed E-state index contributed by atoms with van der Waals surface area (Å²) in [5.41, 5.74) is 8.83. The fraction of sp³-hybridized carbons (Fsp3) is 0.371. The van der Waals surface area contributed by atoms with Gasteiger partial charge in [0.2, 0.25) is 5.91 Å². The number of carbonyl (C=O) groups excluding carboxylic acids is 2. The highest BCUT2D eigenvalue weighted by Gasteiger charge is 2.49. The van der Waals surface area contributed by atoms with Crippen LogP contribution < -0.4 is 11.1 Å². The summed E-state index contributed by atoms with van der Waals surface area (Å²) < 4.78 is 27.9. The van der Waals surface area contributed by atoms with Crippen LogP contribution in [-0.4, -0.2) is 72.4 Å². The topological polar surface area (TPSA) is 114 Å². The lowest BCUT2D eigenvalue weighted by atomic mass is 9.74. The molecule has 6 rings (SSSR count). The monoisotopic (exact) mass is 662 g/mol. The average molecular weight is 663 g/mol. The number of amides is 2. The van der Waals surface area contributed by atoms with Crippen molar-refractivity contribution in [1.82, 2.24) is 14.9 Å². The molecule has 0 aliphatic carbocycles. The van der Waals surface area contributed by atoms with Gasteiger partial charge in [-0.1, -0.05) is 97.1 Å². The third kappa shape index (κ3) is 6.64. The van der Waals surface area contributed by atoms with E-state index in [2.05, 4.69) is 46.6 Å². The maximum atomic E-state index is 13.6. The Hall–Kier alpha value is -3.14. The number of nitrogens with one attached hydrogen (secondary N) is 1. The van der Waals surface area contributed by atoms with Crippen LogP contribution in [0.2, 0.25) is 0 Å². The fourth-order valence-electron chi connectivity index (χ4n) is 6.89. The molecule has 3 aromatic carbocycles. The molecular weight excluding hydrogens is 623 g/mol.